The summed E-state index contributed by atoms with van der Waals surface area (Å²) in [6.07, 6.45) is 0. The molecule has 3 N–H and O–H groups in total. The van der Waals surface area contributed by atoms with Crippen LogP contribution in [0.3, 0.4) is 0 Å². The highest BCUT2D eigenvalue weighted by Crippen LogP contribution is 2.23. The van der Waals surface area contributed by atoms with Gasteiger partial charge in [-0.2, -0.15) is 0 Å². The van der Waals surface area contributed by atoms with E-state index in [1.54, 1.807) is 6.07 Å². The van der Waals surface area contributed by atoms with Crippen LogP contribution in [0, 0.1) is 0 Å². The smallest absolute Gasteiger partial charge is 0.255 e. The number of nitrogens with zero attached hydrogens (tertiary/aromatic N) is 1. The number of carbonyl (C=O) groups is 3. The van der Waals surface area contributed by atoms with Gasteiger partial charge >= 0.3 is 0 Å². The Morgan fingerprint density at radius 1 is 1.35 bits per heavy atom. The summed E-state index contributed by atoms with van der Waals surface area (Å²) in [6, 6.07) is 4.62. The van der Waals surface area contributed by atoms with Crippen LogP contribution in [-0.2, 0) is 19.1 Å². The first kappa shape index (κ1) is 14.3. The van der Waals surface area contributed by atoms with E-state index in [1.165, 1.54) is 12.1 Å². The van der Waals surface area contributed by atoms with Gasteiger partial charge in [0.2, 0.25) is 5.91 Å². The van der Waals surface area contributed by atoms with Crippen LogP contribution in [-0.4, -0.2) is 42.4 Å². The summed E-state index contributed by atoms with van der Waals surface area (Å²) in [5.74, 6) is -1.63. The number of morpholine rings is 1. The Morgan fingerprint density at radius 3 is 2.65 bits per heavy atom. The Balaban J connectivity index is 2.03. The molecule has 7 nitrogen and oxygen atoms in total. The van der Waals surface area contributed by atoms with Crippen LogP contribution in [0.2, 0.25) is 5.02 Å². The minimum Gasteiger partial charge on any atom is -0.399 e. The average molecular weight is 298 g/mol. The van der Waals surface area contributed by atoms with E-state index in [0.29, 0.717) is 16.4 Å². The van der Waals surface area contributed by atoms with E-state index in [-0.39, 0.29) is 19.8 Å². The van der Waals surface area contributed by atoms with Crippen LogP contribution in [0.15, 0.2) is 18.2 Å². The van der Waals surface area contributed by atoms with Crippen molar-refractivity contribution in [2.45, 2.75) is 0 Å². The molecule has 1 fully saturated rings. The molecule has 1 aromatic carbocycles. The van der Waals surface area contributed by atoms with Gasteiger partial charge in [-0.3, -0.25) is 19.3 Å². The number of imide groups is 1. The molecule has 1 aliphatic rings. The maximum atomic E-state index is 11.8. The monoisotopic (exact) mass is 297 g/mol. The van der Waals surface area contributed by atoms with E-state index in [4.69, 9.17) is 22.1 Å². The number of amides is 3. The highest BCUT2D eigenvalue weighted by Gasteiger charge is 2.28. The summed E-state index contributed by atoms with van der Waals surface area (Å²) in [7, 11) is 0. The molecule has 1 aliphatic heterocycles. The molecule has 1 heterocycles. The Hall–Kier alpha value is -2.12. The summed E-state index contributed by atoms with van der Waals surface area (Å²) in [4.78, 5) is 35.6. The van der Waals surface area contributed by atoms with Gasteiger partial charge in [-0.05, 0) is 18.2 Å². The van der Waals surface area contributed by atoms with Crippen LogP contribution in [0.4, 0.5) is 11.4 Å². The predicted molar refractivity (Wildman–Crippen MR) is 72.0 cm³/mol. The number of benzene rings is 1. The second-order valence-electron chi connectivity index (χ2n) is 4.15. The lowest BCUT2D eigenvalue weighted by molar-refractivity contribution is -0.159. The summed E-state index contributed by atoms with van der Waals surface area (Å²) in [5, 5.41) is 2.81. The number of ether oxygens (including phenoxy) is 1. The average Bonchev–Trinajstić information content (AvgIpc) is 2.38. The largest absolute Gasteiger partial charge is 0.399 e. The fourth-order valence-corrected chi connectivity index (χ4v) is 1.83. The zero-order valence-corrected chi connectivity index (χ0v) is 11.1. The summed E-state index contributed by atoms with van der Waals surface area (Å²) >= 11 is 5.90. The molecule has 3 amide bonds. The van der Waals surface area contributed by atoms with Crippen molar-refractivity contribution >= 4 is 40.7 Å². The molecule has 0 aliphatic carbocycles. The molecule has 0 spiro atoms. The molecule has 2 rings (SSSR count). The number of hydrogen-bond acceptors (Lipinski definition) is 5. The van der Waals surface area contributed by atoms with Crippen LogP contribution >= 0.6 is 11.6 Å². The maximum Gasteiger partial charge on any atom is 0.255 e. The summed E-state index contributed by atoms with van der Waals surface area (Å²) in [5.41, 5.74) is 6.34. The van der Waals surface area contributed by atoms with Crippen molar-refractivity contribution < 1.29 is 19.1 Å². The van der Waals surface area contributed by atoms with Crippen molar-refractivity contribution in [3.8, 4) is 0 Å². The van der Waals surface area contributed by atoms with Crippen molar-refractivity contribution in [1.82, 2.24) is 4.90 Å². The molecular weight excluding hydrogens is 286 g/mol. The number of hydrogen-bond donors (Lipinski definition) is 2. The Morgan fingerprint density at radius 2 is 2.00 bits per heavy atom. The van der Waals surface area contributed by atoms with Crippen LogP contribution in [0.25, 0.3) is 0 Å². The van der Waals surface area contributed by atoms with Crippen LogP contribution in [0.1, 0.15) is 0 Å². The van der Waals surface area contributed by atoms with Gasteiger partial charge in [0.25, 0.3) is 11.8 Å². The fraction of sp³-hybridized carbons (Fsp3) is 0.250. The summed E-state index contributed by atoms with van der Waals surface area (Å²) in [6.45, 7) is -0.803. The Bertz CT molecular complexity index is 560. The Labute approximate surface area is 119 Å². The van der Waals surface area contributed by atoms with Crippen molar-refractivity contribution in [3.05, 3.63) is 23.2 Å². The standard InChI is InChI=1S/C12H12ClN3O4/c13-8-2-1-7(14)3-9(8)15-10(17)4-16-11(18)5-20-6-12(16)19/h1-3H,4-6,14H2,(H,15,17). The quantitative estimate of drug-likeness (QED) is 0.615. The van der Waals surface area contributed by atoms with Gasteiger partial charge in [0.1, 0.15) is 19.8 Å². The van der Waals surface area contributed by atoms with E-state index >= 15 is 0 Å². The number of nitrogens with two attached hydrogens (primary N) is 1. The number of carbonyl (C=O) groups excluding carboxylic acids is 3. The minimum absolute atomic E-state index is 0.210. The van der Waals surface area contributed by atoms with E-state index in [0.717, 1.165) is 4.90 Å². The number of nitrogen functional groups attached to an aromatic ring is 1. The third-order valence-electron chi connectivity index (χ3n) is 2.62. The van der Waals surface area contributed by atoms with Gasteiger partial charge in [0.15, 0.2) is 0 Å². The lowest BCUT2D eigenvalue weighted by Crippen LogP contribution is -2.49. The minimum atomic E-state index is -0.546. The molecule has 0 aromatic heterocycles. The van der Waals surface area contributed by atoms with Gasteiger partial charge in [0, 0.05) is 5.69 Å². The first-order valence-corrected chi connectivity index (χ1v) is 6.11. The lowest BCUT2D eigenvalue weighted by atomic mass is 10.2. The third-order valence-corrected chi connectivity index (χ3v) is 2.95. The number of halogens is 1. The topological polar surface area (TPSA) is 102 Å². The third kappa shape index (κ3) is 3.25. The molecule has 106 valence electrons. The molecule has 1 saturated heterocycles. The molecule has 0 unspecified atom stereocenters. The van der Waals surface area contributed by atoms with Gasteiger partial charge in [-0.1, -0.05) is 11.6 Å². The van der Waals surface area contributed by atoms with Gasteiger partial charge in [0.05, 0.1) is 10.7 Å². The zero-order chi connectivity index (χ0) is 14.7. The SMILES string of the molecule is Nc1ccc(Cl)c(NC(=O)CN2C(=O)COCC2=O)c1. The van der Waals surface area contributed by atoms with E-state index in [2.05, 4.69) is 5.32 Å². The number of anilines is 2. The van der Waals surface area contributed by atoms with E-state index in [9.17, 15) is 14.4 Å². The van der Waals surface area contributed by atoms with Crippen molar-refractivity contribution in [2.24, 2.45) is 0 Å². The molecule has 0 bridgehead atoms. The molecule has 0 saturated carbocycles. The van der Waals surface area contributed by atoms with Crippen LogP contribution < -0.4 is 11.1 Å². The van der Waals surface area contributed by atoms with Gasteiger partial charge < -0.3 is 15.8 Å². The van der Waals surface area contributed by atoms with E-state index in [1.807, 2.05) is 0 Å². The second kappa shape index (κ2) is 5.89. The first-order chi connectivity index (χ1) is 9.47. The highest BCUT2D eigenvalue weighted by molar-refractivity contribution is 6.33. The molecule has 20 heavy (non-hydrogen) atoms. The van der Waals surface area contributed by atoms with Crippen molar-refractivity contribution in [2.75, 3.05) is 30.8 Å². The fourth-order valence-electron chi connectivity index (χ4n) is 1.67. The van der Waals surface area contributed by atoms with Crippen LogP contribution in [0.5, 0.6) is 0 Å². The predicted octanol–water partition coefficient (Wildman–Crippen LogP) is 0.246. The van der Waals surface area contributed by atoms with Crippen molar-refractivity contribution in [1.29, 1.82) is 0 Å². The normalized spacial score (nSPS) is 15.3. The molecule has 8 heteroatoms. The van der Waals surface area contributed by atoms with Crippen molar-refractivity contribution in [3.63, 3.8) is 0 Å². The molecular formula is C12H12ClN3O4. The number of rotatable bonds is 3. The second-order valence-corrected chi connectivity index (χ2v) is 4.56. The highest BCUT2D eigenvalue weighted by atomic mass is 35.5. The Kier molecular flexibility index (Phi) is 4.21. The summed E-state index contributed by atoms with van der Waals surface area (Å²) < 4.78 is 4.75. The molecule has 0 atom stereocenters. The van der Waals surface area contributed by atoms with Gasteiger partial charge in [-0.15, -0.1) is 0 Å². The molecule has 1 aromatic rings. The molecule has 0 radical (unpaired) electrons. The maximum absolute atomic E-state index is 11.8. The van der Waals surface area contributed by atoms with Gasteiger partial charge in [-0.25, -0.2) is 0 Å². The zero-order valence-electron chi connectivity index (χ0n) is 10.4. The number of nitrogens with one attached hydrogen (secondary N) is 1. The lowest BCUT2D eigenvalue weighted by Gasteiger charge is -2.24. The van der Waals surface area contributed by atoms with E-state index < -0.39 is 17.7 Å². The first-order valence-electron chi connectivity index (χ1n) is 5.73.